The van der Waals surface area contributed by atoms with Crippen molar-refractivity contribution in [3.63, 3.8) is 0 Å². The van der Waals surface area contributed by atoms with Gasteiger partial charge in [0.05, 0.1) is 10.6 Å². The molecule has 2 aromatic rings. The summed E-state index contributed by atoms with van der Waals surface area (Å²) in [7, 11) is -3.28. The minimum atomic E-state index is -3.28. The maximum absolute atomic E-state index is 12.4. The van der Waals surface area contributed by atoms with Crippen LogP contribution in [0.5, 0.6) is 0 Å². The van der Waals surface area contributed by atoms with Gasteiger partial charge in [0.15, 0.2) is 9.84 Å². The molecule has 0 aliphatic heterocycles. The summed E-state index contributed by atoms with van der Waals surface area (Å²) in [6, 6.07) is 15.7. The Kier molecular flexibility index (Phi) is 20.0. The van der Waals surface area contributed by atoms with E-state index in [9.17, 15) is 8.42 Å². The molecule has 0 radical (unpaired) electrons. The molecule has 2 rings (SSSR count). The third kappa shape index (κ3) is 17.2. The van der Waals surface area contributed by atoms with Gasteiger partial charge in [-0.2, -0.15) is 0 Å². The van der Waals surface area contributed by atoms with Crippen LogP contribution in [0.4, 0.5) is 0 Å². The van der Waals surface area contributed by atoms with Gasteiger partial charge in [-0.1, -0.05) is 140 Å². The lowest BCUT2D eigenvalue weighted by Crippen LogP contribution is -2.07. The van der Waals surface area contributed by atoms with Crippen LogP contribution in [0.15, 0.2) is 58.3 Å². The first kappa shape index (κ1) is 35.6. The second-order valence-corrected chi connectivity index (χ2v) is 14.7. The highest BCUT2D eigenvalue weighted by Gasteiger charge is 2.13. The highest BCUT2D eigenvalue weighted by atomic mass is 32.2. The molecule has 0 aliphatic rings. The van der Waals surface area contributed by atoms with Crippen molar-refractivity contribution < 1.29 is 13.5 Å². The van der Waals surface area contributed by atoms with E-state index in [1.165, 1.54) is 113 Å². The number of sulfone groups is 1. The summed E-state index contributed by atoms with van der Waals surface area (Å²) >= 11 is 1.95. The van der Waals surface area contributed by atoms with Crippen molar-refractivity contribution in [1.82, 2.24) is 0 Å². The molecule has 0 bridgehead atoms. The number of aliphatic hydroxyl groups is 1. The maximum Gasteiger partial charge on any atom is 0.178 e. The van der Waals surface area contributed by atoms with Crippen LogP contribution < -0.4 is 0 Å². The van der Waals surface area contributed by atoms with E-state index in [-0.39, 0.29) is 12.4 Å². The van der Waals surface area contributed by atoms with E-state index in [0.29, 0.717) is 17.7 Å². The van der Waals surface area contributed by atoms with Crippen LogP contribution in [0.3, 0.4) is 0 Å². The topological polar surface area (TPSA) is 54.4 Å². The molecule has 0 heterocycles. The van der Waals surface area contributed by atoms with E-state index in [1.807, 2.05) is 30.0 Å². The van der Waals surface area contributed by atoms with Crippen molar-refractivity contribution in [1.29, 1.82) is 0 Å². The largest absolute Gasteiger partial charge is 0.396 e. The zero-order valence-electron chi connectivity index (χ0n) is 25.7. The molecule has 3 nitrogen and oxygen atoms in total. The first-order valence-electron chi connectivity index (χ1n) is 16.4. The minimum absolute atomic E-state index is 0.0263. The van der Waals surface area contributed by atoms with E-state index in [0.717, 1.165) is 11.1 Å². The Hall–Kier alpha value is -1.56. The van der Waals surface area contributed by atoms with Gasteiger partial charge in [-0.3, -0.25) is 0 Å². The first-order chi connectivity index (χ1) is 20.0. The Morgan fingerprint density at radius 1 is 0.585 bits per heavy atom. The highest BCUT2D eigenvalue weighted by Crippen LogP contribution is 2.22. The van der Waals surface area contributed by atoms with E-state index >= 15 is 0 Å². The van der Waals surface area contributed by atoms with Gasteiger partial charge in [-0.25, -0.2) is 8.42 Å². The lowest BCUT2D eigenvalue weighted by atomic mass is 10.0. The fourth-order valence-corrected chi connectivity index (χ4v) is 7.30. The van der Waals surface area contributed by atoms with Crippen LogP contribution >= 0.6 is 11.8 Å². The number of hydrogen-bond donors (Lipinski definition) is 1. The quantitative estimate of drug-likeness (QED) is 0.0700. The minimum Gasteiger partial charge on any atom is -0.396 e. The fourth-order valence-electron chi connectivity index (χ4n) is 5.02. The van der Waals surface area contributed by atoms with Crippen molar-refractivity contribution in [2.75, 3.05) is 18.1 Å². The van der Waals surface area contributed by atoms with Crippen LogP contribution in [-0.2, 0) is 9.84 Å². The van der Waals surface area contributed by atoms with Gasteiger partial charge >= 0.3 is 0 Å². The van der Waals surface area contributed by atoms with E-state index in [1.54, 1.807) is 12.1 Å². The summed E-state index contributed by atoms with van der Waals surface area (Å²) < 4.78 is 24.7. The number of unbranched alkanes of at least 4 members (excludes halogenated alkanes) is 16. The first-order valence-corrected chi connectivity index (χ1v) is 19.0. The zero-order valence-corrected chi connectivity index (χ0v) is 27.3. The fraction of sp³-hybridized carbons (Fsp3) is 0.611. The number of benzene rings is 2. The van der Waals surface area contributed by atoms with Crippen molar-refractivity contribution in [2.24, 2.45) is 0 Å². The molecular weight excluding hydrogens is 545 g/mol. The van der Waals surface area contributed by atoms with Crippen molar-refractivity contribution in [3.8, 4) is 0 Å². The average molecular weight is 601 g/mol. The zero-order chi connectivity index (χ0) is 29.4. The van der Waals surface area contributed by atoms with Crippen molar-refractivity contribution in [2.45, 2.75) is 132 Å². The Balaban J connectivity index is 1.50. The van der Waals surface area contributed by atoms with Gasteiger partial charge < -0.3 is 5.11 Å². The molecule has 0 fully saturated rings. The molecule has 230 valence electrons. The van der Waals surface area contributed by atoms with Gasteiger partial charge in [0.1, 0.15) is 0 Å². The SMILES string of the molecule is CCCCCCCCCCCCCCCCCCSc1ccc(C=Cc2ccc(S(=O)(=O)CCCCO)cc2)cc1. The van der Waals surface area contributed by atoms with Gasteiger partial charge in [0.25, 0.3) is 0 Å². The predicted molar refractivity (Wildman–Crippen MR) is 180 cm³/mol. The molecular formula is C36H56O3S2. The van der Waals surface area contributed by atoms with Crippen molar-refractivity contribution in [3.05, 3.63) is 59.7 Å². The van der Waals surface area contributed by atoms with Crippen LogP contribution in [0.2, 0.25) is 0 Å². The van der Waals surface area contributed by atoms with Gasteiger partial charge in [-0.05, 0) is 60.4 Å². The molecule has 0 saturated carbocycles. The maximum atomic E-state index is 12.4. The normalized spacial score (nSPS) is 12.0. The lowest BCUT2D eigenvalue weighted by molar-refractivity contribution is 0.287. The summed E-state index contributed by atoms with van der Waals surface area (Å²) in [6.07, 6.45) is 27.6. The molecule has 0 spiro atoms. The molecule has 2 aromatic carbocycles. The Morgan fingerprint density at radius 3 is 1.49 bits per heavy atom. The molecule has 1 N–H and O–H groups in total. The molecule has 41 heavy (non-hydrogen) atoms. The Bertz CT molecular complexity index is 1030. The summed E-state index contributed by atoms with van der Waals surface area (Å²) in [5, 5.41) is 8.87. The molecule has 0 amide bonds. The standard InChI is InChI=1S/C36H56O3S2/c1-2-3-4-5-6-7-8-9-10-11-12-13-14-15-16-18-31-40-35-26-22-33(23-27-35)20-21-34-24-28-36(29-25-34)41(38,39)32-19-17-30-37/h20-29,37H,2-19,30-32H2,1H3. The van der Waals surface area contributed by atoms with Gasteiger partial charge in [0.2, 0.25) is 0 Å². The van der Waals surface area contributed by atoms with Crippen molar-refractivity contribution >= 4 is 33.8 Å². The van der Waals surface area contributed by atoms with Crippen LogP contribution in [0, 0.1) is 0 Å². The second-order valence-electron chi connectivity index (χ2n) is 11.4. The third-order valence-corrected chi connectivity index (χ3v) is 10.6. The molecule has 5 heteroatoms. The summed E-state index contributed by atoms with van der Waals surface area (Å²) in [5.74, 6) is 1.26. The van der Waals surface area contributed by atoms with E-state index in [4.69, 9.17) is 5.11 Å². The van der Waals surface area contributed by atoms with E-state index in [2.05, 4.69) is 37.3 Å². The molecule has 0 saturated heterocycles. The van der Waals surface area contributed by atoms with Crippen LogP contribution in [0.25, 0.3) is 12.2 Å². The molecule has 0 atom stereocenters. The average Bonchev–Trinajstić information content (AvgIpc) is 2.98. The smallest absolute Gasteiger partial charge is 0.178 e. The number of rotatable bonds is 25. The van der Waals surface area contributed by atoms with E-state index < -0.39 is 9.84 Å². The third-order valence-electron chi connectivity index (χ3n) is 7.68. The highest BCUT2D eigenvalue weighted by molar-refractivity contribution is 7.99. The summed E-state index contributed by atoms with van der Waals surface area (Å²) in [6.45, 7) is 2.31. The lowest BCUT2D eigenvalue weighted by Gasteiger charge is -2.05. The predicted octanol–water partition coefficient (Wildman–Crippen LogP) is 10.8. The second kappa shape index (κ2) is 23.0. The summed E-state index contributed by atoms with van der Waals surface area (Å²) in [4.78, 5) is 1.66. The summed E-state index contributed by atoms with van der Waals surface area (Å²) in [5.41, 5.74) is 2.11. The van der Waals surface area contributed by atoms with Gasteiger partial charge in [0, 0.05) is 11.5 Å². The molecule has 0 aliphatic carbocycles. The number of aliphatic hydroxyl groups excluding tert-OH is 1. The number of hydrogen-bond acceptors (Lipinski definition) is 4. The Morgan fingerprint density at radius 2 is 1.02 bits per heavy atom. The number of thioether (sulfide) groups is 1. The van der Waals surface area contributed by atoms with Crippen LogP contribution in [-0.4, -0.2) is 31.6 Å². The Labute approximate surface area is 256 Å². The monoisotopic (exact) mass is 600 g/mol. The van der Waals surface area contributed by atoms with Gasteiger partial charge in [-0.15, -0.1) is 11.8 Å². The molecule has 0 aromatic heterocycles. The molecule has 0 unspecified atom stereocenters. The van der Waals surface area contributed by atoms with Crippen LogP contribution in [0.1, 0.15) is 134 Å².